The second-order valence-electron chi connectivity index (χ2n) is 3.58. The quantitative estimate of drug-likeness (QED) is 0.783. The summed E-state index contributed by atoms with van der Waals surface area (Å²) in [5.74, 6) is 0.980. The van der Waals surface area contributed by atoms with Crippen LogP contribution in [0.2, 0.25) is 0 Å². The van der Waals surface area contributed by atoms with Crippen LogP contribution in [0.3, 0.4) is 0 Å². The molecule has 0 aromatic carbocycles. The van der Waals surface area contributed by atoms with E-state index in [4.69, 9.17) is 4.42 Å². The molecular formula is C12H16N2OS. The van der Waals surface area contributed by atoms with Gasteiger partial charge in [-0.25, -0.2) is 4.98 Å². The molecule has 0 amide bonds. The summed E-state index contributed by atoms with van der Waals surface area (Å²) < 4.78 is 5.23. The van der Waals surface area contributed by atoms with Crippen LogP contribution in [0.5, 0.6) is 0 Å². The third-order valence-electron chi connectivity index (χ3n) is 2.34. The van der Waals surface area contributed by atoms with E-state index in [-0.39, 0.29) is 0 Å². The van der Waals surface area contributed by atoms with Crippen LogP contribution < -0.4 is 5.32 Å². The molecule has 1 N–H and O–H groups in total. The summed E-state index contributed by atoms with van der Waals surface area (Å²) in [6.07, 6.45) is 5.75. The third kappa shape index (κ3) is 3.18. The average Bonchev–Trinajstić information content (AvgIpc) is 2.95. The van der Waals surface area contributed by atoms with Gasteiger partial charge in [-0.2, -0.15) is 0 Å². The lowest BCUT2D eigenvalue weighted by atomic mass is 10.4. The van der Waals surface area contributed by atoms with Crippen molar-refractivity contribution in [2.45, 2.75) is 26.3 Å². The van der Waals surface area contributed by atoms with Crippen LogP contribution in [0, 0.1) is 0 Å². The van der Waals surface area contributed by atoms with Crippen LogP contribution in [0.1, 0.15) is 22.6 Å². The van der Waals surface area contributed by atoms with E-state index in [9.17, 15) is 0 Å². The number of aromatic nitrogens is 1. The fourth-order valence-electron chi connectivity index (χ4n) is 1.45. The molecule has 0 saturated carbocycles. The molecule has 2 rings (SSSR count). The van der Waals surface area contributed by atoms with E-state index in [1.54, 1.807) is 17.6 Å². The van der Waals surface area contributed by atoms with E-state index >= 15 is 0 Å². The maximum Gasteiger partial charge on any atom is 0.117 e. The number of hydrogen-bond acceptors (Lipinski definition) is 4. The Bertz CT molecular complexity index is 408. The summed E-state index contributed by atoms with van der Waals surface area (Å²) in [5, 5.41) is 4.55. The zero-order valence-corrected chi connectivity index (χ0v) is 10.2. The topological polar surface area (TPSA) is 38.1 Å². The summed E-state index contributed by atoms with van der Waals surface area (Å²) in [6.45, 7) is 3.89. The maximum atomic E-state index is 5.23. The number of rotatable bonds is 6. The normalized spacial score (nSPS) is 10.8. The summed E-state index contributed by atoms with van der Waals surface area (Å²) in [4.78, 5) is 5.74. The van der Waals surface area contributed by atoms with Crippen molar-refractivity contribution >= 4 is 11.3 Å². The van der Waals surface area contributed by atoms with E-state index in [0.29, 0.717) is 0 Å². The van der Waals surface area contributed by atoms with Crippen molar-refractivity contribution in [3.63, 3.8) is 0 Å². The SMILES string of the molecule is CCc1cnc(CCNCc2ccco2)s1. The summed E-state index contributed by atoms with van der Waals surface area (Å²) in [5.41, 5.74) is 0. The second kappa shape index (κ2) is 5.82. The summed E-state index contributed by atoms with van der Waals surface area (Å²) >= 11 is 1.81. The molecule has 0 fully saturated rings. The fourth-order valence-corrected chi connectivity index (χ4v) is 2.31. The number of nitrogens with one attached hydrogen (secondary N) is 1. The van der Waals surface area contributed by atoms with E-state index < -0.39 is 0 Å². The predicted molar refractivity (Wildman–Crippen MR) is 65.6 cm³/mol. The first-order valence-electron chi connectivity index (χ1n) is 5.55. The van der Waals surface area contributed by atoms with Crippen molar-refractivity contribution in [3.8, 4) is 0 Å². The first-order chi connectivity index (χ1) is 7.88. The number of aryl methyl sites for hydroxylation is 1. The number of thiazole rings is 1. The van der Waals surface area contributed by atoms with E-state index in [1.807, 2.05) is 18.3 Å². The lowest BCUT2D eigenvalue weighted by molar-refractivity contribution is 0.484. The van der Waals surface area contributed by atoms with Gasteiger partial charge in [0.1, 0.15) is 5.76 Å². The molecule has 0 radical (unpaired) electrons. The monoisotopic (exact) mass is 236 g/mol. The zero-order chi connectivity index (χ0) is 11.2. The van der Waals surface area contributed by atoms with Crippen LogP contribution in [0.15, 0.2) is 29.0 Å². The van der Waals surface area contributed by atoms with E-state index in [0.717, 1.165) is 31.7 Å². The third-order valence-corrected chi connectivity index (χ3v) is 3.55. The van der Waals surface area contributed by atoms with Crippen molar-refractivity contribution in [3.05, 3.63) is 40.2 Å². The average molecular weight is 236 g/mol. The largest absolute Gasteiger partial charge is 0.468 e. The molecule has 2 aromatic rings. The van der Waals surface area contributed by atoms with Crippen LogP contribution in [0.25, 0.3) is 0 Å². The predicted octanol–water partition coefficient (Wildman–Crippen LogP) is 2.63. The Kier molecular flexibility index (Phi) is 4.13. The summed E-state index contributed by atoms with van der Waals surface area (Å²) in [6, 6.07) is 3.89. The van der Waals surface area contributed by atoms with Gasteiger partial charge in [0, 0.05) is 24.0 Å². The van der Waals surface area contributed by atoms with Crippen LogP contribution in [-0.4, -0.2) is 11.5 Å². The standard InChI is InChI=1S/C12H16N2OS/c1-2-11-9-14-12(16-11)5-6-13-8-10-4-3-7-15-10/h3-4,7,9,13H,2,5-6,8H2,1H3. The van der Waals surface area contributed by atoms with Gasteiger partial charge in [-0.3, -0.25) is 0 Å². The molecule has 0 aliphatic carbocycles. The number of furan rings is 1. The Hall–Kier alpha value is -1.13. The molecule has 2 aromatic heterocycles. The Balaban J connectivity index is 1.68. The first kappa shape index (κ1) is 11.4. The molecular weight excluding hydrogens is 220 g/mol. The van der Waals surface area contributed by atoms with Crippen molar-refractivity contribution in [1.29, 1.82) is 0 Å². The van der Waals surface area contributed by atoms with Crippen molar-refractivity contribution in [2.24, 2.45) is 0 Å². The minimum atomic E-state index is 0.791. The van der Waals surface area contributed by atoms with Gasteiger partial charge in [0.25, 0.3) is 0 Å². The van der Waals surface area contributed by atoms with Crippen LogP contribution in [-0.2, 0) is 19.4 Å². The summed E-state index contributed by atoms with van der Waals surface area (Å²) in [7, 11) is 0. The Labute approximate surface area is 99.5 Å². The number of hydrogen-bond donors (Lipinski definition) is 1. The van der Waals surface area contributed by atoms with Gasteiger partial charge in [0.2, 0.25) is 0 Å². The lowest BCUT2D eigenvalue weighted by Gasteiger charge is -1.99. The molecule has 0 aliphatic heterocycles. The lowest BCUT2D eigenvalue weighted by Crippen LogP contribution is -2.16. The van der Waals surface area contributed by atoms with Crippen molar-refractivity contribution in [2.75, 3.05) is 6.54 Å². The van der Waals surface area contributed by atoms with Crippen molar-refractivity contribution in [1.82, 2.24) is 10.3 Å². The highest BCUT2D eigenvalue weighted by Gasteiger charge is 2.00. The minimum Gasteiger partial charge on any atom is -0.468 e. The maximum absolute atomic E-state index is 5.23. The molecule has 3 nitrogen and oxygen atoms in total. The number of nitrogens with zero attached hydrogens (tertiary/aromatic N) is 1. The molecule has 2 heterocycles. The fraction of sp³-hybridized carbons (Fsp3) is 0.417. The molecule has 86 valence electrons. The Morgan fingerprint density at radius 1 is 1.50 bits per heavy atom. The first-order valence-corrected chi connectivity index (χ1v) is 6.37. The van der Waals surface area contributed by atoms with Gasteiger partial charge in [-0.1, -0.05) is 6.92 Å². The minimum absolute atomic E-state index is 0.791. The molecule has 4 heteroatoms. The molecule has 0 unspecified atom stereocenters. The molecule has 0 saturated heterocycles. The van der Waals surface area contributed by atoms with Gasteiger partial charge in [0.05, 0.1) is 17.8 Å². The van der Waals surface area contributed by atoms with Crippen molar-refractivity contribution < 1.29 is 4.42 Å². The Morgan fingerprint density at radius 3 is 3.12 bits per heavy atom. The molecule has 0 spiro atoms. The van der Waals surface area contributed by atoms with Crippen LogP contribution in [0.4, 0.5) is 0 Å². The van der Waals surface area contributed by atoms with Gasteiger partial charge >= 0.3 is 0 Å². The highest BCUT2D eigenvalue weighted by Crippen LogP contribution is 2.13. The molecule has 0 atom stereocenters. The zero-order valence-electron chi connectivity index (χ0n) is 9.40. The highest BCUT2D eigenvalue weighted by atomic mass is 32.1. The molecule has 0 bridgehead atoms. The van der Waals surface area contributed by atoms with E-state index in [2.05, 4.69) is 17.2 Å². The van der Waals surface area contributed by atoms with Crippen LogP contribution >= 0.6 is 11.3 Å². The smallest absolute Gasteiger partial charge is 0.117 e. The highest BCUT2D eigenvalue weighted by molar-refractivity contribution is 7.11. The molecule has 0 aliphatic rings. The second-order valence-corrected chi connectivity index (χ2v) is 4.78. The van der Waals surface area contributed by atoms with Gasteiger partial charge in [-0.15, -0.1) is 11.3 Å². The van der Waals surface area contributed by atoms with Gasteiger partial charge in [-0.05, 0) is 18.6 Å². The Morgan fingerprint density at radius 2 is 2.44 bits per heavy atom. The van der Waals surface area contributed by atoms with Gasteiger partial charge in [0.15, 0.2) is 0 Å². The van der Waals surface area contributed by atoms with E-state index in [1.165, 1.54) is 9.88 Å². The molecule has 16 heavy (non-hydrogen) atoms. The van der Waals surface area contributed by atoms with Gasteiger partial charge < -0.3 is 9.73 Å².